The van der Waals surface area contributed by atoms with E-state index in [9.17, 15) is 0 Å². The van der Waals surface area contributed by atoms with E-state index < -0.39 is 0 Å². The fraction of sp³-hybridized carbons (Fsp3) is 0.0667. The molecule has 0 spiro atoms. The monoisotopic (exact) mass is 266 g/mol. The lowest BCUT2D eigenvalue weighted by molar-refractivity contribution is 0.415. The van der Waals surface area contributed by atoms with Gasteiger partial charge in [-0.2, -0.15) is 0 Å². The first-order valence-corrected chi connectivity index (χ1v) is 6.19. The van der Waals surface area contributed by atoms with E-state index in [1.807, 2.05) is 24.3 Å². The number of hydrogen-bond donors (Lipinski definition) is 2. The molecule has 0 saturated carbocycles. The summed E-state index contributed by atoms with van der Waals surface area (Å²) in [6.45, 7) is 0. The molecule has 5 heteroatoms. The van der Waals surface area contributed by atoms with Crippen LogP contribution >= 0.6 is 0 Å². The zero-order valence-electron chi connectivity index (χ0n) is 11.0. The standard InChI is InChI=1S/C15H14N4O/c1-20-13-14(16)17-9-18-15(13)19-12-8-4-6-10-5-2-3-7-11(10)12/h2-9H,1H3,(H3,16,17,18,19). The fourth-order valence-corrected chi connectivity index (χ4v) is 2.14. The summed E-state index contributed by atoms with van der Waals surface area (Å²) in [6, 6.07) is 14.2. The molecule has 0 atom stereocenters. The minimum Gasteiger partial charge on any atom is -0.490 e. The van der Waals surface area contributed by atoms with Crippen LogP contribution < -0.4 is 15.8 Å². The van der Waals surface area contributed by atoms with Crippen LogP contribution in [0, 0.1) is 0 Å². The number of nitrogens with one attached hydrogen (secondary N) is 1. The van der Waals surface area contributed by atoms with Crippen molar-refractivity contribution < 1.29 is 4.74 Å². The van der Waals surface area contributed by atoms with Crippen LogP contribution in [-0.2, 0) is 0 Å². The Bertz CT molecular complexity index is 752. The van der Waals surface area contributed by atoms with E-state index >= 15 is 0 Å². The van der Waals surface area contributed by atoms with Gasteiger partial charge in [-0.1, -0.05) is 36.4 Å². The maximum absolute atomic E-state index is 5.78. The van der Waals surface area contributed by atoms with Crippen molar-refractivity contribution in [1.29, 1.82) is 0 Å². The normalized spacial score (nSPS) is 10.4. The Balaban J connectivity index is 2.08. The van der Waals surface area contributed by atoms with Gasteiger partial charge in [0.15, 0.2) is 11.6 Å². The number of anilines is 3. The number of nitrogen functional groups attached to an aromatic ring is 1. The Hall–Kier alpha value is -2.82. The Morgan fingerprint density at radius 3 is 2.70 bits per heavy atom. The highest BCUT2D eigenvalue weighted by atomic mass is 16.5. The van der Waals surface area contributed by atoms with Gasteiger partial charge in [-0.25, -0.2) is 9.97 Å². The van der Waals surface area contributed by atoms with Gasteiger partial charge in [0.25, 0.3) is 0 Å². The Kier molecular flexibility index (Phi) is 3.09. The number of aromatic nitrogens is 2. The topological polar surface area (TPSA) is 73.1 Å². The summed E-state index contributed by atoms with van der Waals surface area (Å²) < 4.78 is 5.25. The van der Waals surface area contributed by atoms with Crippen LogP contribution in [0.25, 0.3) is 10.8 Å². The van der Waals surface area contributed by atoms with E-state index in [-0.39, 0.29) is 0 Å². The maximum Gasteiger partial charge on any atom is 0.204 e. The first-order chi connectivity index (χ1) is 9.79. The van der Waals surface area contributed by atoms with E-state index in [1.54, 1.807) is 7.11 Å². The minimum atomic E-state index is 0.310. The lowest BCUT2D eigenvalue weighted by Gasteiger charge is -2.12. The largest absolute Gasteiger partial charge is 0.490 e. The highest BCUT2D eigenvalue weighted by molar-refractivity contribution is 5.95. The summed E-state index contributed by atoms with van der Waals surface area (Å²) in [5, 5.41) is 5.51. The second-order valence-electron chi connectivity index (χ2n) is 4.29. The molecule has 2 aromatic carbocycles. The van der Waals surface area contributed by atoms with Gasteiger partial charge in [0.05, 0.1) is 7.11 Å². The molecule has 0 amide bonds. The second kappa shape index (κ2) is 5.05. The predicted octanol–water partition coefficient (Wildman–Crippen LogP) is 2.96. The average Bonchev–Trinajstić information content (AvgIpc) is 2.48. The van der Waals surface area contributed by atoms with Crippen LogP contribution in [-0.4, -0.2) is 17.1 Å². The van der Waals surface area contributed by atoms with E-state index in [4.69, 9.17) is 10.5 Å². The number of benzene rings is 2. The summed E-state index contributed by atoms with van der Waals surface area (Å²) in [6.07, 6.45) is 1.41. The summed E-state index contributed by atoms with van der Waals surface area (Å²) in [5.74, 6) is 1.31. The van der Waals surface area contributed by atoms with Gasteiger partial charge < -0.3 is 15.8 Å². The van der Waals surface area contributed by atoms with E-state index in [2.05, 4.69) is 33.5 Å². The molecule has 0 aliphatic carbocycles. The molecule has 0 radical (unpaired) electrons. The molecule has 0 bridgehead atoms. The molecular formula is C15H14N4O. The molecule has 5 nitrogen and oxygen atoms in total. The summed E-state index contributed by atoms with van der Waals surface area (Å²) in [4.78, 5) is 8.10. The molecule has 3 rings (SSSR count). The average molecular weight is 266 g/mol. The molecule has 100 valence electrons. The third-order valence-corrected chi connectivity index (χ3v) is 3.08. The number of nitrogens with two attached hydrogens (primary N) is 1. The SMILES string of the molecule is COc1c(N)ncnc1Nc1cccc2ccccc12. The van der Waals surface area contributed by atoms with Gasteiger partial charge in [-0.15, -0.1) is 0 Å². The van der Waals surface area contributed by atoms with Crippen LogP contribution in [0.1, 0.15) is 0 Å². The zero-order valence-corrected chi connectivity index (χ0v) is 11.0. The number of ether oxygens (including phenoxy) is 1. The lowest BCUT2D eigenvalue weighted by atomic mass is 10.1. The third-order valence-electron chi connectivity index (χ3n) is 3.08. The smallest absolute Gasteiger partial charge is 0.204 e. The molecule has 1 heterocycles. The zero-order chi connectivity index (χ0) is 13.9. The van der Waals surface area contributed by atoms with Crippen molar-refractivity contribution in [3.63, 3.8) is 0 Å². The van der Waals surface area contributed by atoms with Crippen molar-refractivity contribution in [2.75, 3.05) is 18.2 Å². The van der Waals surface area contributed by atoms with Gasteiger partial charge in [-0.3, -0.25) is 0 Å². The number of hydrogen-bond acceptors (Lipinski definition) is 5. The number of rotatable bonds is 3. The van der Waals surface area contributed by atoms with Crippen molar-refractivity contribution in [1.82, 2.24) is 9.97 Å². The van der Waals surface area contributed by atoms with Crippen LogP contribution in [0.4, 0.5) is 17.3 Å². The molecule has 0 aliphatic heterocycles. The van der Waals surface area contributed by atoms with Crippen LogP contribution in [0.5, 0.6) is 5.75 Å². The van der Waals surface area contributed by atoms with Crippen LogP contribution in [0.3, 0.4) is 0 Å². The van der Waals surface area contributed by atoms with Gasteiger partial charge in [0.1, 0.15) is 6.33 Å². The summed E-state index contributed by atoms with van der Waals surface area (Å²) in [5.41, 5.74) is 6.73. The van der Waals surface area contributed by atoms with Gasteiger partial charge in [0, 0.05) is 11.1 Å². The second-order valence-corrected chi connectivity index (χ2v) is 4.29. The number of methoxy groups -OCH3 is 1. The van der Waals surface area contributed by atoms with Crippen molar-refractivity contribution in [2.45, 2.75) is 0 Å². The van der Waals surface area contributed by atoms with E-state index in [1.165, 1.54) is 6.33 Å². The predicted molar refractivity (Wildman–Crippen MR) is 80.2 cm³/mol. The van der Waals surface area contributed by atoms with Crippen molar-refractivity contribution in [2.24, 2.45) is 0 Å². The Labute approximate surface area is 116 Å². The molecule has 1 aromatic heterocycles. The maximum atomic E-state index is 5.78. The van der Waals surface area contributed by atoms with Gasteiger partial charge in [-0.05, 0) is 11.5 Å². The number of fused-ring (bicyclic) bond motifs is 1. The molecule has 3 N–H and O–H groups in total. The van der Waals surface area contributed by atoms with E-state index in [0.29, 0.717) is 17.4 Å². The molecule has 0 fully saturated rings. The quantitative estimate of drug-likeness (QED) is 0.762. The van der Waals surface area contributed by atoms with Crippen molar-refractivity contribution >= 4 is 28.1 Å². The van der Waals surface area contributed by atoms with Crippen LogP contribution in [0.15, 0.2) is 48.8 Å². The van der Waals surface area contributed by atoms with Crippen LogP contribution in [0.2, 0.25) is 0 Å². The first-order valence-electron chi connectivity index (χ1n) is 6.19. The first kappa shape index (κ1) is 12.2. The van der Waals surface area contributed by atoms with Crippen molar-refractivity contribution in [3.05, 3.63) is 48.8 Å². The molecular weight excluding hydrogens is 252 g/mol. The van der Waals surface area contributed by atoms with Gasteiger partial charge in [0.2, 0.25) is 5.75 Å². The highest BCUT2D eigenvalue weighted by Crippen LogP contribution is 2.32. The molecule has 0 saturated heterocycles. The lowest BCUT2D eigenvalue weighted by Crippen LogP contribution is -2.03. The molecule has 3 aromatic rings. The highest BCUT2D eigenvalue weighted by Gasteiger charge is 2.10. The molecule has 0 aliphatic rings. The molecule has 0 unspecified atom stereocenters. The number of nitrogens with zero attached hydrogens (tertiary/aromatic N) is 2. The summed E-state index contributed by atoms with van der Waals surface area (Å²) in [7, 11) is 1.54. The summed E-state index contributed by atoms with van der Waals surface area (Å²) >= 11 is 0. The third kappa shape index (κ3) is 2.09. The Morgan fingerprint density at radius 2 is 1.85 bits per heavy atom. The minimum absolute atomic E-state index is 0.310. The fourth-order valence-electron chi connectivity index (χ4n) is 2.14. The van der Waals surface area contributed by atoms with E-state index in [0.717, 1.165) is 16.5 Å². The Morgan fingerprint density at radius 1 is 1.05 bits per heavy atom. The van der Waals surface area contributed by atoms with Crippen molar-refractivity contribution in [3.8, 4) is 5.75 Å². The van der Waals surface area contributed by atoms with Gasteiger partial charge >= 0.3 is 0 Å². The molecule has 20 heavy (non-hydrogen) atoms.